The van der Waals surface area contributed by atoms with E-state index in [1.165, 1.54) is 12.8 Å². The van der Waals surface area contributed by atoms with Crippen LogP contribution < -0.4 is 5.73 Å². The Labute approximate surface area is 119 Å². The van der Waals surface area contributed by atoms with E-state index in [0.717, 1.165) is 36.0 Å². The molecule has 1 unspecified atom stereocenters. The largest absolute Gasteiger partial charge is 0.399 e. The number of fused-ring (bicyclic) bond motifs is 1. The maximum atomic E-state index is 9.93. The van der Waals surface area contributed by atoms with Crippen LogP contribution in [0.4, 0.5) is 5.69 Å². The van der Waals surface area contributed by atoms with Crippen molar-refractivity contribution in [3.63, 3.8) is 0 Å². The van der Waals surface area contributed by atoms with E-state index in [1.807, 2.05) is 18.2 Å². The summed E-state index contributed by atoms with van der Waals surface area (Å²) in [6.45, 7) is 3.57. The average Bonchev–Trinajstić information content (AvgIpc) is 3.18. The van der Waals surface area contributed by atoms with Crippen molar-refractivity contribution in [2.75, 3.05) is 19.3 Å². The molecule has 1 aliphatic carbocycles. The van der Waals surface area contributed by atoms with Gasteiger partial charge in [0, 0.05) is 24.8 Å². The Morgan fingerprint density at radius 3 is 2.90 bits per heavy atom. The van der Waals surface area contributed by atoms with Crippen molar-refractivity contribution in [3.05, 3.63) is 24.0 Å². The second kappa shape index (κ2) is 5.07. The molecule has 0 amide bonds. The van der Waals surface area contributed by atoms with Gasteiger partial charge in [-0.15, -0.1) is 0 Å². The van der Waals surface area contributed by atoms with Gasteiger partial charge in [0.25, 0.3) is 0 Å². The van der Waals surface area contributed by atoms with Gasteiger partial charge in [0.15, 0.2) is 0 Å². The lowest BCUT2D eigenvalue weighted by Gasteiger charge is -2.18. The fraction of sp³-hybridized carbons (Fsp3) is 0.533. The number of nitrogens with two attached hydrogens (primary N) is 1. The fourth-order valence-corrected chi connectivity index (χ4v) is 2.67. The van der Waals surface area contributed by atoms with E-state index < -0.39 is 6.10 Å². The number of hydrogen-bond donors (Lipinski definition) is 2. The molecule has 108 valence electrons. The summed E-state index contributed by atoms with van der Waals surface area (Å²) >= 11 is 0. The SMILES string of the molecule is CC(O)c1nc2cc(N)ccc2n1CCN(C)C1CC1. The normalized spacial score (nSPS) is 17.0. The summed E-state index contributed by atoms with van der Waals surface area (Å²) in [5.41, 5.74) is 8.41. The minimum atomic E-state index is -0.574. The van der Waals surface area contributed by atoms with Crippen molar-refractivity contribution in [1.82, 2.24) is 14.5 Å². The first-order chi connectivity index (χ1) is 9.56. The van der Waals surface area contributed by atoms with Crippen molar-refractivity contribution < 1.29 is 5.11 Å². The smallest absolute Gasteiger partial charge is 0.138 e. The molecule has 20 heavy (non-hydrogen) atoms. The van der Waals surface area contributed by atoms with Gasteiger partial charge in [-0.25, -0.2) is 4.98 Å². The Balaban J connectivity index is 1.91. The molecule has 0 aliphatic heterocycles. The number of aliphatic hydroxyl groups is 1. The lowest BCUT2D eigenvalue weighted by molar-refractivity contribution is 0.182. The molecule has 1 fully saturated rings. The van der Waals surface area contributed by atoms with Crippen LogP contribution >= 0.6 is 0 Å². The van der Waals surface area contributed by atoms with E-state index in [9.17, 15) is 5.11 Å². The molecule has 2 aromatic rings. The Kier molecular flexibility index (Phi) is 3.40. The minimum absolute atomic E-state index is 0.574. The molecule has 1 saturated carbocycles. The molecule has 5 heteroatoms. The number of aromatic nitrogens is 2. The summed E-state index contributed by atoms with van der Waals surface area (Å²) in [5.74, 6) is 0.717. The first-order valence-electron chi connectivity index (χ1n) is 7.20. The number of imidazole rings is 1. The third-order valence-corrected chi connectivity index (χ3v) is 4.02. The highest BCUT2D eigenvalue weighted by Crippen LogP contribution is 2.26. The molecule has 0 saturated heterocycles. The quantitative estimate of drug-likeness (QED) is 0.815. The van der Waals surface area contributed by atoms with Crippen LogP contribution in [0.2, 0.25) is 0 Å². The highest BCUT2D eigenvalue weighted by molar-refractivity contribution is 5.79. The van der Waals surface area contributed by atoms with E-state index in [0.29, 0.717) is 5.69 Å². The van der Waals surface area contributed by atoms with Gasteiger partial charge < -0.3 is 20.3 Å². The Morgan fingerprint density at radius 1 is 1.50 bits per heavy atom. The lowest BCUT2D eigenvalue weighted by Crippen LogP contribution is -2.26. The number of benzene rings is 1. The van der Waals surface area contributed by atoms with E-state index in [4.69, 9.17) is 5.73 Å². The first kappa shape index (κ1) is 13.4. The van der Waals surface area contributed by atoms with Crippen LogP contribution in [0.15, 0.2) is 18.2 Å². The maximum absolute atomic E-state index is 9.93. The molecule has 1 atom stereocenters. The molecule has 1 aromatic heterocycles. The number of aliphatic hydroxyl groups excluding tert-OH is 1. The Bertz CT molecular complexity index is 616. The molecular formula is C15H22N4O. The second-order valence-electron chi connectivity index (χ2n) is 5.76. The first-order valence-corrected chi connectivity index (χ1v) is 7.20. The summed E-state index contributed by atoms with van der Waals surface area (Å²) < 4.78 is 2.11. The fourth-order valence-electron chi connectivity index (χ4n) is 2.67. The second-order valence-corrected chi connectivity index (χ2v) is 5.76. The topological polar surface area (TPSA) is 67.3 Å². The number of nitrogen functional groups attached to an aromatic ring is 1. The number of likely N-dealkylation sites (N-methyl/N-ethyl adjacent to an activating group) is 1. The van der Waals surface area contributed by atoms with Gasteiger partial charge in [0.2, 0.25) is 0 Å². The molecule has 3 rings (SSSR count). The standard InChI is InChI=1S/C15H22N4O/c1-10(20)15-17-13-9-11(16)3-6-14(13)19(15)8-7-18(2)12-4-5-12/h3,6,9-10,12,20H,4-5,7-8,16H2,1-2H3. The van der Waals surface area contributed by atoms with Crippen LogP contribution in [0, 0.1) is 0 Å². The zero-order valence-electron chi connectivity index (χ0n) is 12.1. The number of rotatable bonds is 5. The highest BCUT2D eigenvalue weighted by atomic mass is 16.3. The van der Waals surface area contributed by atoms with Crippen LogP contribution in [0.3, 0.4) is 0 Å². The molecule has 3 N–H and O–H groups in total. The van der Waals surface area contributed by atoms with Gasteiger partial charge >= 0.3 is 0 Å². The Morgan fingerprint density at radius 2 is 2.25 bits per heavy atom. The molecule has 0 bridgehead atoms. The molecule has 1 aromatic carbocycles. The highest BCUT2D eigenvalue weighted by Gasteiger charge is 2.26. The summed E-state index contributed by atoms with van der Waals surface area (Å²) in [4.78, 5) is 6.91. The van der Waals surface area contributed by atoms with Crippen LogP contribution in [-0.4, -0.2) is 39.2 Å². The number of hydrogen-bond acceptors (Lipinski definition) is 4. The molecule has 0 radical (unpaired) electrons. The number of nitrogens with zero attached hydrogens (tertiary/aromatic N) is 3. The van der Waals surface area contributed by atoms with Gasteiger partial charge in [-0.2, -0.15) is 0 Å². The average molecular weight is 274 g/mol. The van der Waals surface area contributed by atoms with Crippen molar-refractivity contribution in [2.45, 2.75) is 38.5 Å². The van der Waals surface area contributed by atoms with E-state index in [2.05, 4.69) is 21.5 Å². The molecule has 1 heterocycles. The summed E-state index contributed by atoms with van der Waals surface area (Å²) in [5, 5.41) is 9.93. The minimum Gasteiger partial charge on any atom is -0.399 e. The van der Waals surface area contributed by atoms with Gasteiger partial charge in [0.1, 0.15) is 11.9 Å². The van der Waals surface area contributed by atoms with Crippen LogP contribution in [-0.2, 0) is 6.54 Å². The van der Waals surface area contributed by atoms with Crippen molar-refractivity contribution in [1.29, 1.82) is 0 Å². The summed E-state index contributed by atoms with van der Waals surface area (Å²) in [7, 11) is 2.16. The summed E-state index contributed by atoms with van der Waals surface area (Å²) in [6.07, 6.45) is 2.04. The third kappa shape index (κ3) is 2.51. The molecule has 5 nitrogen and oxygen atoms in total. The van der Waals surface area contributed by atoms with Gasteiger partial charge in [-0.05, 0) is 45.0 Å². The zero-order valence-corrected chi connectivity index (χ0v) is 12.1. The maximum Gasteiger partial charge on any atom is 0.138 e. The number of anilines is 1. The monoisotopic (exact) mass is 274 g/mol. The third-order valence-electron chi connectivity index (χ3n) is 4.02. The van der Waals surface area contributed by atoms with E-state index >= 15 is 0 Å². The predicted octanol–water partition coefficient (Wildman–Crippen LogP) is 1.77. The predicted molar refractivity (Wildman–Crippen MR) is 80.4 cm³/mol. The molecule has 0 spiro atoms. The van der Waals surface area contributed by atoms with Gasteiger partial charge in [0.05, 0.1) is 11.0 Å². The summed E-state index contributed by atoms with van der Waals surface area (Å²) in [6, 6.07) is 6.48. The van der Waals surface area contributed by atoms with Crippen molar-refractivity contribution >= 4 is 16.7 Å². The zero-order chi connectivity index (χ0) is 14.3. The van der Waals surface area contributed by atoms with Crippen molar-refractivity contribution in [2.24, 2.45) is 0 Å². The van der Waals surface area contributed by atoms with Crippen LogP contribution in [0.1, 0.15) is 31.7 Å². The van der Waals surface area contributed by atoms with E-state index in [1.54, 1.807) is 6.92 Å². The Hall–Kier alpha value is -1.59. The molecule has 1 aliphatic rings. The van der Waals surface area contributed by atoms with E-state index in [-0.39, 0.29) is 0 Å². The van der Waals surface area contributed by atoms with Crippen molar-refractivity contribution in [3.8, 4) is 0 Å². The lowest BCUT2D eigenvalue weighted by atomic mass is 10.3. The molecular weight excluding hydrogens is 252 g/mol. The van der Waals surface area contributed by atoms with Gasteiger partial charge in [-0.3, -0.25) is 0 Å². The van der Waals surface area contributed by atoms with Crippen LogP contribution in [0.5, 0.6) is 0 Å². The van der Waals surface area contributed by atoms with Gasteiger partial charge in [-0.1, -0.05) is 0 Å². The van der Waals surface area contributed by atoms with Crippen LogP contribution in [0.25, 0.3) is 11.0 Å².